The van der Waals surface area contributed by atoms with Crippen LogP contribution in [0.1, 0.15) is 16.7 Å². The minimum atomic E-state index is -0.232. The summed E-state index contributed by atoms with van der Waals surface area (Å²) in [7, 11) is 0. The quantitative estimate of drug-likeness (QED) is 0.756. The van der Waals surface area contributed by atoms with Gasteiger partial charge < -0.3 is 11.1 Å². The zero-order chi connectivity index (χ0) is 13.5. The summed E-state index contributed by atoms with van der Waals surface area (Å²) in [6.07, 6.45) is 1.64. The number of nitrogens with two attached hydrogens (primary N) is 1. The van der Waals surface area contributed by atoms with Crippen molar-refractivity contribution in [1.29, 1.82) is 0 Å². The van der Waals surface area contributed by atoms with E-state index in [0.717, 1.165) is 28.1 Å². The van der Waals surface area contributed by atoms with Gasteiger partial charge in [0.15, 0.2) is 0 Å². The first kappa shape index (κ1) is 11.0. The van der Waals surface area contributed by atoms with Crippen molar-refractivity contribution < 1.29 is 0 Å². The van der Waals surface area contributed by atoms with Crippen LogP contribution in [0.4, 0.5) is 5.69 Å². The molecule has 3 N–H and O–H groups in total. The van der Waals surface area contributed by atoms with Gasteiger partial charge in [0.2, 0.25) is 6.17 Å². The van der Waals surface area contributed by atoms with E-state index in [0.29, 0.717) is 5.84 Å². The van der Waals surface area contributed by atoms with Gasteiger partial charge >= 0.3 is 11.9 Å². The zero-order valence-electron chi connectivity index (χ0n) is 10.7. The molecule has 1 unspecified atom stereocenters. The number of nitrogens with zero attached hydrogens (tertiary/aromatic N) is 2. The van der Waals surface area contributed by atoms with Crippen molar-refractivity contribution in [3.8, 4) is 0 Å². The fourth-order valence-electron chi connectivity index (χ4n) is 2.62. The van der Waals surface area contributed by atoms with Crippen molar-refractivity contribution in [1.82, 2.24) is 4.67 Å². The highest BCUT2D eigenvalue weighted by atomic mass is 15.1. The van der Waals surface area contributed by atoms with Crippen LogP contribution in [0.15, 0.2) is 53.5 Å². The number of fused-ring (bicyclic) bond motifs is 2. The minimum Gasteiger partial charge on any atom is -0.383 e. The maximum Gasteiger partial charge on any atom is 0.356 e. The van der Waals surface area contributed by atoms with E-state index in [-0.39, 0.29) is 6.17 Å². The minimum absolute atomic E-state index is 0.232. The van der Waals surface area contributed by atoms with Gasteiger partial charge in [0.1, 0.15) is 5.84 Å². The lowest BCUT2D eigenvalue weighted by molar-refractivity contribution is 0.968. The highest BCUT2D eigenvalue weighted by Gasteiger charge is 2.34. The number of hydrogen-bond acceptors (Lipinski definition) is 3. The smallest absolute Gasteiger partial charge is 0.356 e. The molecule has 0 spiro atoms. The van der Waals surface area contributed by atoms with Crippen LogP contribution < -0.4 is 15.7 Å². The summed E-state index contributed by atoms with van der Waals surface area (Å²) in [5.74, 6) is 0.552. The van der Waals surface area contributed by atoms with Crippen LogP contribution in [0.25, 0.3) is 0 Å². The second-order valence-electron chi connectivity index (χ2n) is 4.84. The second-order valence-corrected chi connectivity index (χ2v) is 4.84. The van der Waals surface area contributed by atoms with Crippen molar-refractivity contribution in [3.05, 3.63) is 65.2 Å². The Morgan fingerprint density at radius 3 is 2.65 bits per heavy atom. The van der Waals surface area contributed by atoms with Crippen molar-refractivity contribution in [2.75, 3.05) is 5.32 Å². The number of rotatable bonds is 1. The summed E-state index contributed by atoms with van der Waals surface area (Å²) in [5, 5.41) is 3.39. The van der Waals surface area contributed by atoms with Gasteiger partial charge in [-0.25, -0.2) is 4.99 Å². The summed E-state index contributed by atoms with van der Waals surface area (Å²) in [5.41, 5.74) is 11.2. The molecule has 2 aliphatic rings. The number of hydrogen-bond donors (Lipinski definition) is 2. The maximum atomic E-state index is 6.07. The number of amidine groups is 1. The molecule has 2 heterocycles. The molecule has 0 amide bonds. The van der Waals surface area contributed by atoms with E-state index in [1.807, 2.05) is 42.6 Å². The molecule has 0 aliphatic carbocycles. The molecule has 0 radical (unpaired) electrons. The van der Waals surface area contributed by atoms with Crippen LogP contribution in [0, 0.1) is 0 Å². The van der Waals surface area contributed by atoms with Gasteiger partial charge in [-0.2, -0.15) is 0 Å². The van der Waals surface area contributed by atoms with E-state index in [9.17, 15) is 0 Å². The SMILES string of the molecule is NC1=NC(C2=[N+]=Cc3ccccc32)Nc2ccccc21. The summed E-state index contributed by atoms with van der Waals surface area (Å²) in [6, 6.07) is 16.0. The van der Waals surface area contributed by atoms with Gasteiger partial charge in [-0.05, 0) is 24.3 Å². The first-order valence-electron chi connectivity index (χ1n) is 6.52. The average molecular weight is 261 g/mol. The molecule has 2 aromatic carbocycles. The molecule has 20 heavy (non-hydrogen) atoms. The molecule has 96 valence electrons. The fraction of sp³-hybridized carbons (Fsp3) is 0.0625. The lowest BCUT2D eigenvalue weighted by Gasteiger charge is -2.20. The number of para-hydroxylation sites is 1. The van der Waals surface area contributed by atoms with Crippen molar-refractivity contribution in [2.45, 2.75) is 6.17 Å². The van der Waals surface area contributed by atoms with Gasteiger partial charge in [0.05, 0.1) is 11.1 Å². The largest absolute Gasteiger partial charge is 0.383 e. The summed E-state index contributed by atoms with van der Waals surface area (Å²) in [6.45, 7) is 0. The van der Waals surface area contributed by atoms with Crippen LogP contribution in [0.5, 0.6) is 0 Å². The molecule has 2 aliphatic heterocycles. The third-order valence-corrected chi connectivity index (χ3v) is 3.60. The van der Waals surface area contributed by atoms with Crippen molar-refractivity contribution >= 4 is 23.4 Å². The Morgan fingerprint density at radius 2 is 1.75 bits per heavy atom. The predicted molar refractivity (Wildman–Crippen MR) is 82.4 cm³/mol. The molecular formula is C16H13N4+. The monoisotopic (exact) mass is 261 g/mol. The highest BCUT2D eigenvalue weighted by Crippen LogP contribution is 2.23. The van der Waals surface area contributed by atoms with Crippen LogP contribution in [0.2, 0.25) is 0 Å². The second kappa shape index (κ2) is 4.08. The molecular weight excluding hydrogens is 248 g/mol. The molecule has 0 saturated heterocycles. The lowest BCUT2D eigenvalue weighted by Crippen LogP contribution is -2.36. The number of benzene rings is 2. The Hall–Kier alpha value is -2.84. The van der Waals surface area contributed by atoms with Crippen LogP contribution >= 0.6 is 0 Å². The van der Waals surface area contributed by atoms with Crippen LogP contribution in [-0.2, 0) is 0 Å². The number of aliphatic imine (C=N–C) groups is 1. The van der Waals surface area contributed by atoms with Crippen molar-refractivity contribution in [3.63, 3.8) is 0 Å². The Kier molecular flexibility index (Phi) is 2.25. The highest BCUT2D eigenvalue weighted by molar-refractivity contribution is 6.17. The molecule has 1 atom stereocenters. The zero-order valence-corrected chi connectivity index (χ0v) is 10.7. The first-order chi connectivity index (χ1) is 9.83. The topological polar surface area (TPSA) is 64.5 Å². The van der Waals surface area contributed by atoms with E-state index in [2.05, 4.69) is 27.1 Å². The Morgan fingerprint density at radius 1 is 1.00 bits per heavy atom. The normalized spacial score (nSPS) is 18.7. The van der Waals surface area contributed by atoms with Crippen LogP contribution in [-0.4, -0.2) is 23.9 Å². The van der Waals surface area contributed by atoms with Crippen molar-refractivity contribution in [2.24, 2.45) is 10.7 Å². The third kappa shape index (κ3) is 1.56. The molecule has 4 nitrogen and oxygen atoms in total. The Bertz CT molecular complexity index is 798. The molecule has 0 bridgehead atoms. The van der Waals surface area contributed by atoms with E-state index in [1.54, 1.807) is 0 Å². The lowest BCUT2D eigenvalue weighted by atomic mass is 10.0. The maximum absolute atomic E-state index is 6.07. The first-order valence-corrected chi connectivity index (χ1v) is 6.52. The van der Waals surface area contributed by atoms with Crippen LogP contribution in [0.3, 0.4) is 0 Å². The average Bonchev–Trinajstić information content (AvgIpc) is 2.91. The van der Waals surface area contributed by atoms with E-state index < -0.39 is 0 Å². The predicted octanol–water partition coefficient (Wildman–Crippen LogP) is 1.13. The molecule has 4 rings (SSSR count). The van der Waals surface area contributed by atoms with Gasteiger partial charge in [-0.3, -0.25) is 0 Å². The summed E-state index contributed by atoms with van der Waals surface area (Å²) >= 11 is 0. The van der Waals surface area contributed by atoms with E-state index in [1.165, 1.54) is 0 Å². The standard InChI is InChI=1S/C16H13N4/c17-15-12-7-3-4-8-13(12)19-16(20-15)14-11-6-2-1-5-10(11)9-18-14/h1-9,16,19H,(H2,17,20)/q+1. The molecule has 0 saturated carbocycles. The van der Waals surface area contributed by atoms with Gasteiger partial charge in [0, 0.05) is 11.3 Å². The molecule has 2 aromatic rings. The molecule has 0 aromatic heterocycles. The van der Waals surface area contributed by atoms with Gasteiger partial charge in [-0.1, -0.05) is 28.9 Å². The summed E-state index contributed by atoms with van der Waals surface area (Å²) < 4.78 is 4.50. The summed E-state index contributed by atoms with van der Waals surface area (Å²) in [4.78, 5) is 4.54. The molecule has 0 fully saturated rings. The van der Waals surface area contributed by atoms with Gasteiger partial charge in [-0.15, -0.1) is 0 Å². The number of nitrogens with one attached hydrogen (secondary N) is 1. The third-order valence-electron chi connectivity index (χ3n) is 3.60. The Labute approximate surface area is 116 Å². The Balaban J connectivity index is 1.77. The number of anilines is 1. The van der Waals surface area contributed by atoms with Gasteiger partial charge in [0.25, 0.3) is 0 Å². The van der Waals surface area contributed by atoms with E-state index >= 15 is 0 Å². The van der Waals surface area contributed by atoms with E-state index in [4.69, 9.17) is 5.73 Å². The molecule has 4 heteroatoms. The fourth-order valence-corrected chi connectivity index (χ4v) is 2.62.